The molecule has 0 amide bonds. The van der Waals surface area contributed by atoms with Crippen LogP contribution >= 0.6 is 0 Å². The fraction of sp³-hybridized carbons (Fsp3) is 0.526. The molecule has 1 unspecified atom stereocenters. The van der Waals surface area contributed by atoms with E-state index in [0.717, 1.165) is 43.4 Å². The van der Waals surface area contributed by atoms with E-state index < -0.39 is 0 Å². The van der Waals surface area contributed by atoms with Gasteiger partial charge in [-0.3, -0.25) is 4.79 Å². The van der Waals surface area contributed by atoms with Crippen LogP contribution in [0.2, 0.25) is 0 Å². The number of nitrogens with one attached hydrogen (secondary N) is 1. The zero-order valence-corrected chi connectivity index (χ0v) is 12.8. The Bertz CT molecular complexity index is 607. The molecular weight excluding hydrogens is 274 g/mol. The number of carbonyl (C=O) groups is 1. The van der Waals surface area contributed by atoms with Gasteiger partial charge in [0.2, 0.25) is 0 Å². The van der Waals surface area contributed by atoms with Crippen LogP contribution in [0.4, 0.5) is 0 Å². The second kappa shape index (κ2) is 5.54. The van der Waals surface area contributed by atoms with Crippen molar-refractivity contribution in [2.75, 3.05) is 0 Å². The van der Waals surface area contributed by atoms with E-state index >= 15 is 0 Å². The van der Waals surface area contributed by atoms with Gasteiger partial charge in [-0.1, -0.05) is 30.3 Å². The fourth-order valence-electron chi connectivity index (χ4n) is 4.66. The van der Waals surface area contributed by atoms with Crippen LogP contribution in [0.1, 0.15) is 50.0 Å². The van der Waals surface area contributed by atoms with Crippen LogP contribution in [0, 0.1) is 5.92 Å². The Morgan fingerprint density at radius 1 is 1.05 bits per heavy atom. The summed E-state index contributed by atoms with van der Waals surface area (Å²) < 4.78 is 0. The predicted molar refractivity (Wildman–Crippen MR) is 85.3 cm³/mol. The van der Waals surface area contributed by atoms with Gasteiger partial charge in [-0.25, -0.2) is 0 Å². The molecule has 4 rings (SSSR count). The van der Waals surface area contributed by atoms with Crippen molar-refractivity contribution >= 4 is 5.78 Å². The Labute approximate surface area is 131 Å². The Morgan fingerprint density at radius 3 is 2.68 bits per heavy atom. The van der Waals surface area contributed by atoms with Gasteiger partial charge in [-0.2, -0.15) is 0 Å². The monoisotopic (exact) mass is 297 g/mol. The lowest BCUT2D eigenvalue weighted by atomic mass is 9.64. The highest BCUT2D eigenvalue weighted by molar-refractivity contribution is 5.98. The molecule has 2 N–H and O–H groups in total. The molecule has 1 heterocycles. The van der Waals surface area contributed by atoms with Crippen LogP contribution in [0.15, 0.2) is 41.6 Å². The molecule has 1 fully saturated rings. The number of ketones is 1. The van der Waals surface area contributed by atoms with E-state index in [1.54, 1.807) is 0 Å². The molecule has 1 saturated carbocycles. The number of carbonyl (C=O) groups excluding carboxylic acids is 1. The molecule has 4 atom stereocenters. The number of fused-ring (bicyclic) bond motifs is 1. The highest BCUT2D eigenvalue weighted by Crippen LogP contribution is 2.47. The fourth-order valence-corrected chi connectivity index (χ4v) is 4.66. The highest BCUT2D eigenvalue weighted by atomic mass is 16.3. The minimum absolute atomic E-state index is 0.0607. The summed E-state index contributed by atoms with van der Waals surface area (Å²) in [5.74, 6) is 0.460. The average Bonchev–Trinajstić information content (AvgIpc) is 2.54. The van der Waals surface area contributed by atoms with Crippen molar-refractivity contribution in [2.24, 2.45) is 5.92 Å². The Morgan fingerprint density at radius 2 is 1.86 bits per heavy atom. The number of rotatable bonds is 1. The van der Waals surface area contributed by atoms with Crippen LogP contribution in [0.3, 0.4) is 0 Å². The van der Waals surface area contributed by atoms with E-state index in [-0.39, 0.29) is 23.7 Å². The Kier molecular flexibility index (Phi) is 3.53. The van der Waals surface area contributed by atoms with Crippen molar-refractivity contribution in [1.82, 2.24) is 5.32 Å². The van der Waals surface area contributed by atoms with Crippen LogP contribution < -0.4 is 5.32 Å². The van der Waals surface area contributed by atoms with Gasteiger partial charge < -0.3 is 10.4 Å². The van der Waals surface area contributed by atoms with E-state index in [2.05, 4.69) is 17.4 Å². The summed E-state index contributed by atoms with van der Waals surface area (Å²) >= 11 is 0. The molecular formula is C19H23NO2. The number of aliphatic hydroxyl groups is 1. The van der Waals surface area contributed by atoms with Crippen LogP contribution in [-0.2, 0) is 4.79 Å². The summed E-state index contributed by atoms with van der Waals surface area (Å²) in [4.78, 5) is 12.6. The topological polar surface area (TPSA) is 49.3 Å². The molecule has 1 aliphatic heterocycles. The van der Waals surface area contributed by atoms with Crippen LogP contribution in [0.5, 0.6) is 0 Å². The zero-order valence-electron chi connectivity index (χ0n) is 12.8. The minimum Gasteiger partial charge on any atom is -0.393 e. The first-order chi connectivity index (χ1) is 10.8. The van der Waals surface area contributed by atoms with E-state index in [1.807, 2.05) is 18.2 Å². The summed E-state index contributed by atoms with van der Waals surface area (Å²) in [7, 11) is 0. The lowest BCUT2D eigenvalue weighted by Gasteiger charge is -2.47. The first kappa shape index (κ1) is 14.0. The summed E-state index contributed by atoms with van der Waals surface area (Å²) in [5, 5.41) is 14.3. The smallest absolute Gasteiger partial charge is 0.161 e. The first-order valence-electron chi connectivity index (χ1n) is 8.51. The highest BCUT2D eigenvalue weighted by Gasteiger charge is 2.46. The quantitative estimate of drug-likeness (QED) is 0.838. The standard InChI is InChI=1S/C19H23NO2/c21-15-10-4-8-13-18(15)17(12-6-2-1-3-7-12)19-14(20-13)9-5-11-16(19)22/h1-3,6-7,13,15,17-18,20-21H,4-5,8-11H2/t13-,15-,17?,18-/m1/s1. The molecule has 0 saturated heterocycles. The van der Waals surface area contributed by atoms with Crippen molar-refractivity contribution in [3.05, 3.63) is 47.2 Å². The van der Waals surface area contributed by atoms with Gasteiger partial charge in [-0.05, 0) is 37.7 Å². The molecule has 3 nitrogen and oxygen atoms in total. The van der Waals surface area contributed by atoms with Crippen LogP contribution in [-0.4, -0.2) is 23.0 Å². The molecule has 0 radical (unpaired) electrons. The third kappa shape index (κ3) is 2.19. The van der Waals surface area contributed by atoms with Crippen molar-refractivity contribution in [2.45, 2.75) is 56.6 Å². The third-order valence-electron chi connectivity index (χ3n) is 5.59. The maximum absolute atomic E-state index is 12.6. The Hall–Kier alpha value is -1.61. The Balaban J connectivity index is 1.85. The third-order valence-corrected chi connectivity index (χ3v) is 5.59. The first-order valence-corrected chi connectivity index (χ1v) is 8.51. The summed E-state index contributed by atoms with van der Waals surface area (Å²) in [5.41, 5.74) is 3.29. The largest absolute Gasteiger partial charge is 0.393 e. The normalized spacial score (nSPS) is 34.7. The molecule has 0 spiro atoms. The maximum atomic E-state index is 12.6. The molecule has 3 heteroatoms. The number of aliphatic hydroxyl groups excluding tert-OH is 1. The zero-order chi connectivity index (χ0) is 15.1. The number of hydrogen-bond acceptors (Lipinski definition) is 3. The molecule has 0 bridgehead atoms. The molecule has 1 aromatic carbocycles. The van der Waals surface area contributed by atoms with Gasteiger partial charge in [0.05, 0.1) is 6.10 Å². The molecule has 116 valence electrons. The number of Topliss-reactive ketones (excluding diaryl/α,β-unsaturated/α-hetero) is 1. The molecule has 0 aromatic heterocycles. The lowest BCUT2D eigenvalue weighted by molar-refractivity contribution is -0.117. The number of allylic oxidation sites excluding steroid dienone is 2. The summed E-state index contributed by atoms with van der Waals surface area (Å²) in [6.45, 7) is 0. The van der Waals surface area contributed by atoms with Gasteiger partial charge >= 0.3 is 0 Å². The van der Waals surface area contributed by atoms with E-state index in [1.165, 1.54) is 5.56 Å². The second-order valence-corrected chi connectivity index (χ2v) is 6.88. The van der Waals surface area contributed by atoms with E-state index in [9.17, 15) is 9.90 Å². The van der Waals surface area contributed by atoms with Gasteiger partial charge in [0.1, 0.15) is 0 Å². The van der Waals surface area contributed by atoms with Gasteiger partial charge in [0, 0.05) is 35.6 Å². The summed E-state index contributed by atoms with van der Waals surface area (Å²) in [6.07, 6.45) is 5.26. The van der Waals surface area contributed by atoms with Gasteiger partial charge in [0.25, 0.3) is 0 Å². The van der Waals surface area contributed by atoms with Crippen molar-refractivity contribution in [3.63, 3.8) is 0 Å². The van der Waals surface area contributed by atoms with Gasteiger partial charge in [0.15, 0.2) is 5.78 Å². The number of hydrogen-bond donors (Lipinski definition) is 2. The van der Waals surface area contributed by atoms with Gasteiger partial charge in [-0.15, -0.1) is 0 Å². The SMILES string of the molecule is O=C1CCCC2=C1C(c1ccccc1)[C@H]1[C@H](O)CCC[C@H]1N2. The van der Waals surface area contributed by atoms with Crippen molar-refractivity contribution in [1.29, 1.82) is 0 Å². The number of benzene rings is 1. The molecule has 3 aliphatic rings. The van der Waals surface area contributed by atoms with Crippen molar-refractivity contribution < 1.29 is 9.90 Å². The van der Waals surface area contributed by atoms with Crippen molar-refractivity contribution in [3.8, 4) is 0 Å². The predicted octanol–water partition coefficient (Wildman–Crippen LogP) is 2.91. The van der Waals surface area contributed by atoms with E-state index in [0.29, 0.717) is 12.5 Å². The molecule has 22 heavy (non-hydrogen) atoms. The maximum Gasteiger partial charge on any atom is 0.161 e. The molecule has 2 aliphatic carbocycles. The molecule has 1 aromatic rings. The summed E-state index contributed by atoms with van der Waals surface area (Å²) in [6, 6.07) is 10.6. The van der Waals surface area contributed by atoms with Crippen LogP contribution in [0.25, 0.3) is 0 Å². The average molecular weight is 297 g/mol. The van der Waals surface area contributed by atoms with E-state index in [4.69, 9.17) is 0 Å². The second-order valence-electron chi connectivity index (χ2n) is 6.88. The lowest BCUT2D eigenvalue weighted by Crippen LogP contribution is -2.52. The minimum atomic E-state index is -0.319.